The summed E-state index contributed by atoms with van der Waals surface area (Å²) in [5.74, 6) is 0. The quantitative estimate of drug-likeness (QED) is 0.726. The van der Waals surface area contributed by atoms with Gasteiger partial charge in [-0.05, 0) is 37.5 Å². The van der Waals surface area contributed by atoms with Crippen molar-refractivity contribution in [3.8, 4) is 6.07 Å². The Balaban J connectivity index is 3.27. The van der Waals surface area contributed by atoms with E-state index in [0.29, 0.717) is 5.02 Å². The predicted octanol–water partition coefficient (Wildman–Crippen LogP) is 3.70. The summed E-state index contributed by atoms with van der Waals surface area (Å²) in [5, 5.41) is 9.70. The normalized spacial score (nSPS) is 11.1. The van der Waals surface area contributed by atoms with Crippen molar-refractivity contribution in [3.63, 3.8) is 0 Å². The molecule has 0 aliphatic rings. The van der Waals surface area contributed by atoms with E-state index in [2.05, 4.69) is 13.0 Å². The van der Waals surface area contributed by atoms with Gasteiger partial charge in [0.15, 0.2) is 0 Å². The predicted molar refractivity (Wildman–Crippen MR) is 59.5 cm³/mol. The van der Waals surface area contributed by atoms with Gasteiger partial charge in [-0.3, -0.25) is 0 Å². The molecule has 0 bridgehead atoms. The number of nitriles is 1. The lowest BCUT2D eigenvalue weighted by Crippen LogP contribution is -2.14. The van der Waals surface area contributed by atoms with Crippen molar-refractivity contribution < 1.29 is 0 Å². The maximum absolute atomic E-state index is 9.03. The fourth-order valence-electron chi connectivity index (χ4n) is 1.33. The molecule has 74 valence electrons. The van der Waals surface area contributed by atoms with E-state index >= 15 is 0 Å². The monoisotopic (exact) mass is 207 g/mol. The molecule has 0 aliphatic carbocycles. The Morgan fingerprint density at radius 1 is 1.43 bits per heavy atom. The molecule has 1 aromatic carbocycles. The lowest BCUT2D eigenvalue weighted by molar-refractivity contribution is 0.686. The number of hydrogen-bond donors (Lipinski definition) is 0. The first-order valence-electron chi connectivity index (χ1n) is 4.71. The van der Waals surface area contributed by atoms with Crippen LogP contribution in [-0.2, 0) is 11.8 Å². The van der Waals surface area contributed by atoms with Crippen LogP contribution in [0.25, 0.3) is 0 Å². The van der Waals surface area contributed by atoms with Gasteiger partial charge in [-0.25, -0.2) is 0 Å². The average Bonchev–Trinajstić information content (AvgIpc) is 2.18. The van der Waals surface area contributed by atoms with E-state index in [-0.39, 0.29) is 0 Å². The van der Waals surface area contributed by atoms with Gasteiger partial charge >= 0.3 is 0 Å². The molecule has 0 atom stereocenters. The van der Waals surface area contributed by atoms with Crippen LogP contribution in [0.5, 0.6) is 0 Å². The number of nitrogens with zero attached hydrogens (tertiary/aromatic N) is 1. The van der Waals surface area contributed by atoms with Crippen LogP contribution >= 0.6 is 11.6 Å². The van der Waals surface area contributed by atoms with Crippen LogP contribution in [0.15, 0.2) is 18.2 Å². The van der Waals surface area contributed by atoms with Gasteiger partial charge in [-0.15, -0.1) is 0 Å². The third-order valence-electron chi connectivity index (χ3n) is 2.39. The molecule has 0 saturated carbocycles. The fraction of sp³-hybridized carbons (Fsp3) is 0.417. The summed E-state index contributed by atoms with van der Waals surface area (Å²) in [6, 6.07) is 8.15. The van der Waals surface area contributed by atoms with Gasteiger partial charge < -0.3 is 0 Å². The van der Waals surface area contributed by atoms with Crippen molar-refractivity contribution in [2.75, 3.05) is 0 Å². The summed E-state index contributed by atoms with van der Waals surface area (Å²) in [6.45, 7) is 5.85. The molecule has 0 spiro atoms. The molecule has 0 fully saturated rings. The molecule has 0 unspecified atom stereocenters. The van der Waals surface area contributed by atoms with E-state index in [0.717, 1.165) is 12.0 Å². The summed E-state index contributed by atoms with van der Waals surface area (Å²) >= 11 is 6.07. The molecule has 1 nitrogen and oxygen atoms in total. The standard InChI is InChI=1S/C12H14ClN/c1-4-9-5-6-11(13)10(7-9)12(2,3)8-14/h5-7H,4H2,1-3H3. The second-order valence-electron chi connectivity index (χ2n) is 3.90. The van der Waals surface area contributed by atoms with Gasteiger partial charge in [0.25, 0.3) is 0 Å². The van der Waals surface area contributed by atoms with Crippen LogP contribution < -0.4 is 0 Å². The molecule has 0 N–H and O–H groups in total. The number of rotatable bonds is 2. The molecule has 1 rings (SSSR count). The lowest BCUT2D eigenvalue weighted by atomic mass is 9.85. The first kappa shape index (κ1) is 11.1. The molecular formula is C12H14ClN. The number of hydrogen-bond acceptors (Lipinski definition) is 1. The summed E-state index contributed by atoms with van der Waals surface area (Å²) in [7, 11) is 0. The highest BCUT2D eigenvalue weighted by Gasteiger charge is 2.22. The highest BCUT2D eigenvalue weighted by molar-refractivity contribution is 6.31. The maximum atomic E-state index is 9.03. The van der Waals surface area contributed by atoms with Crippen molar-refractivity contribution in [2.24, 2.45) is 0 Å². The maximum Gasteiger partial charge on any atom is 0.0780 e. The minimum atomic E-state index is -0.512. The van der Waals surface area contributed by atoms with E-state index in [1.165, 1.54) is 5.56 Å². The van der Waals surface area contributed by atoms with Gasteiger partial charge in [0.2, 0.25) is 0 Å². The molecule has 0 heterocycles. The zero-order chi connectivity index (χ0) is 10.8. The fourth-order valence-corrected chi connectivity index (χ4v) is 1.69. The van der Waals surface area contributed by atoms with Crippen LogP contribution in [0.3, 0.4) is 0 Å². The smallest absolute Gasteiger partial charge is 0.0780 e. The van der Waals surface area contributed by atoms with Crippen LogP contribution in [0, 0.1) is 11.3 Å². The van der Waals surface area contributed by atoms with Crippen LogP contribution in [0.2, 0.25) is 5.02 Å². The third kappa shape index (κ3) is 2.08. The highest BCUT2D eigenvalue weighted by Crippen LogP contribution is 2.30. The van der Waals surface area contributed by atoms with E-state index in [1.807, 2.05) is 32.0 Å². The highest BCUT2D eigenvalue weighted by atomic mass is 35.5. The molecule has 0 amide bonds. The lowest BCUT2D eigenvalue weighted by Gasteiger charge is -2.18. The van der Waals surface area contributed by atoms with E-state index in [4.69, 9.17) is 16.9 Å². The SMILES string of the molecule is CCc1ccc(Cl)c(C(C)(C)C#N)c1. The third-order valence-corrected chi connectivity index (χ3v) is 2.72. The Kier molecular flexibility index (Phi) is 3.18. The van der Waals surface area contributed by atoms with Gasteiger partial charge in [0.1, 0.15) is 0 Å². The van der Waals surface area contributed by atoms with Crippen LogP contribution in [0.1, 0.15) is 31.9 Å². The molecule has 14 heavy (non-hydrogen) atoms. The molecule has 0 saturated heterocycles. The van der Waals surface area contributed by atoms with Gasteiger partial charge in [-0.1, -0.05) is 30.7 Å². The van der Waals surface area contributed by atoms with Crippen molar-refractivity contribution in [2.45, 2.75) is 32.6 Å². The van der Waals surface area contributed by atoms with E-state index < -0.39 is 5.41 Å². The minimum absolute atomic E-state index is 0.512. The second kappa shape index (κ2) is 4.02. The van der Waals surface area contributed by atoms with E-state index in [1.54, 1.807) is 0 Å². The summed E-state index contributed by atoms with van der Waals surface area (Å²) in [4.78, 5) is 0. The Bertz CT molecular complexity index is 374. The number of benzene rings is 1. The van der Waals surface area contributed by atoms with E-state index in [9.17, 15) is 0 Å². The zero-order valence-corrected chi connectivity index (χ0v) is 9.52. The van der Waals surface area contributed by atoms with Crippen molar-refractivity contribution >= 4 is 11.6 Å². The second-order valence-corrected chi connectivity index (χ2v) is 4.31. The Labute approximate surface area is 90.3 Å². The Hall–Kier alpha value is -1.00. The molecule has 2 heteroatoms. The first-order valence-corrected chi connectivity index (χ1v) is 5.09. The Morgan fingerprint density at radius 2 is 2.07 bits per heavy atom. The summed E-state index contributed by atoms with van der Waals surface area (Å²) in [5.41, 5.74) is 1.62. The zero-order valence-electron chi connectivity index (χ0n) is 8.76. The van der Waals surface area contributed by atoms with Crippen molar-refractivity contribution in [1.82, 2.24) is 0 Å². The summed E-state index contributed by atoms with van der Waals surface area (Å²) < 4.78 is 0. The number of halogens is 1. The van der Waals surface area contributed by atoms with Crippen LogP contribution in [0.4, 0.5) is 0 Å². The largest absolute Gasteiger partial charge is 0.197 e. The first-order chi connectivity index (χ1) is 6.51. The van der Waals surface area contributed by atoms with Crippen molar-refractivity contribution in [3.05, 3.63) is 34.3 Å². The molecule has 0 aromatic heterocycles. The Morgan fingerprint density at radius 3 is 2.57 bits per heavy atom. The minimum Gasteiger partial charge on any atom is -0.197 e. The topological polar surface area (TPSA) is 23.8 Å². The summed E-state index contributed by atoms with van der Waals surface area (Å²) in [6.07, 6.45) is 0.964. The average molecular weight is 208 g/mol. The van der Waals surface area contributed by atoms with Crippen molar-refractivity contribution in [1.29, 1.82) is 5.26 Å². The molecular weight excluding hydrogens is 194 g/mol. The van der Waals surface area contributed by atoms with Crippen LogP contribution in [-0.4, -0.2) is 0 Å². The van der Waals surface area contributed by atoms with Gasteiger partial charge in [-0.2, -0.15) is 5.26 Å². The van der Waals surface area contributed by atoms with Gasteiger partial charge in [0, 0.05) is 5.02 Å². The van der Waals surface area contributed by atoms with Gasteiger partial charge in [0.05, 0.1) is 11.5 Å². The number of aryl methyl sites for hydroxylation is 1. The molecule has 1 aromatic rings. The molecule has 0 radical (unpaired) electrons. The molecule has 0 aliphatic heterocycles.